The predicted molar refractivity (Wildman–Crippen MR) is 106 cm³/mol. The number of nitrogens with one attached hydrogen (secondary N) is 2. The van der Waals surface area contributed by atoms with Gasteiger partial charge in [-0.1, -0.05) is 17.7 Å². The average Bonchev–Trinajstić information content (AvgIpc) is 3.11. The molecule has 176 valence electrons. The summed E-state index contributed by atoms with van der Waals surface area (Å²) < 4.78 is 73.3. The molecule has 0 saturated carbocycles. The number of carbonyl (C=O) groups is 1. The Morgan fingerprint density at radius 1 is 1.30 bits per heavy atom. The van der Waals surface area contributed by atoms with Gasteiger partial charge in [0.05, 0.1) is 16.3 Å². The number of carbonyl (C=O) groups excluding carboxylic acids is 1. The largest absolute Gasteiger partial charge is 0.480 e. The van der Waals surface area contributed by atoms with Gasteiger partial charge in [0.1, 0.15) is 29.7 Å². The normalized spacial score (nSPS) is 12.5. The molecular weight excluding hydrogens is 479 g/mol. The van der Waals surface area contributed by atoms with Crippen LogP contribution >= 0.6 is 11.6 Å². The lowest BCUT2D eigenvalue weighted by molar-refractivity contribution is -0.189. The van der Waals surface area contributed by atoms with Gasteiger partial charge >= 0.3 is 11.9 Å². The maximum Gasteiger partial charge on any atom is 0.425 e. The number of para-hydroxylation sites is 1. The number of anilines is 1. The summed E-state index contributed by atoms with van der Waals surface area (Å²) in [6, 6.07) is 4.62. The number of rotatable bonds is 6. The SMILES string of the molecule is CC(Oc1cc(-n2nc(CO)[nH]c2=O)c(F)cc1C(=O)Nc1c(F)cccc1Cl)C(F)(F)F. The van der Waals surface area contributed by atoms with E-state index in [1.54, 1.807) is 0 Å². The molecule has 1 atom stereocenters. The zero-order chi connectivity index (χ0) is 24.5. The van der Waals surface area contributed by atoms with Crippen molar-refractivity contribution in [2.24, 2.45) is 0 Å². The van der Waals surface area contributed by atoms with E-state index < -0.39 is 64.8 Å². The van der Waals surface area contributed by atoms with Gasteiger partial charge in [0.2, 0.25) is 0 Å². The lowest BCUT2D eigenvalue weighted by Crippen LogP contribution is -2.32. The Hall–Kier alpha value is -3.45. The number of nitrogens with zero attached hydrogens (tertiary/aromatic N) is 2. The standard InChI is InChI=1S/C19H14ClF5N4O4/c1-8(19(23,24)25)33-14-6-13(29-18(32)26-15(7-30)28-29)12(22)5-9(14)17(31)27-16-10(20)3-2-4-11(16)21/h2-6,8,30H,7H2,1H3,(H,27,31)(H,26,28,32). The Morgan fingerprint density at radius 2 is 2.00 bits per heavy atom. The molecule has 1 aromatic heterocycles. The van der Waals surface area contributed by atoms with E-state index in [-0.39, 0.29) is 10.8 Å². The number of aliphatic hydroxyl groups is 1. The molecule has 3 rings (SSSR count). The highest BCUT2D eigenvalue weighted by atomic mass is 35.5. The van der Waals surface area contributed by atoms with Crippen molar-refractivity contribution in [3.05, 3.63) is 68.9 Å². The molecule has 1 unspecified atom stereocenters. The molecule has 0 spiro atoms. The van der Waals surface area contributed by atoms with E-state index >= 15 is 0 Å². The fourth-order valence-electron chi connectivity index (χ4n) is 2.64. The first kappa shape index (κ1) is 24.2. The van der Waals surface area contributed by atoms with Crippen LogP contribution in [-0.4, -0.2) is 38.1 Å². The molecule has 1 heterocycles. The van der Waals surface area contributed by atoms with Crippen LogP contribution in [0.4, 0.5) is 27.6 Å². The Kier molecular flexibility index (Phi) is 6.74. The first-order valence-corrected chi connectivity index (χ1v) is 9.42. The smallest absolute Gasteiger partial charge is 0.425 e. The number of hydrogen-bond acceptors (Lipinski definition) is 5. The van der Waals surface area contributed by atoms with Gasteiger partial charge in [-0.25, -0.2) is 13.6 Å². The van der Waals surface area contributed by atoms with Crippen LogP contribution in [-0.2, 0) is 6.61 Å². The lowest BCUT2D eigenvalue weighted by atomic mass is 10.1. The fourth-order valence-corrected chi connectivity index (χ4v) is 2.85. The third-order valence-electron chi connectivity index (χ3n) is 4.30. The first-order chi connectivity index (χ1) is 15.4. The zero-order valence-electron chi connectivity index (χ0n) is 16.5. The lowest BCUT2D eigenvalue weighted by Gasteiger charge is -2.20. The number of alkyl halides is 3. The van der Waals surface area contributed by atoms with Crippen molar-refractivity contribution in [2.75, 3.05) is 5.32 Å². The Labute approximate surface area is 186 Å². The van der Waals surface area contributed by atoms with Gasteiger partial charge in [0, 0.05) is 6.07 Å². The number of ether oxygens (including phenoxy) is 1. The number of halogens is 6. The van der Waals surface area contributed by atoms with Crippen molar-refractivity contribution in [1.29, 1.82) is 0 Å². The Morgan fingerprint density at radius 3 is 2.58 bits per heavy atom. The van der Waals surface area contributed by atoms with Gasteiger partial charge in [0.15, 0.2) is 11.9 Å². The van der Waals surface area contributed by atoms with Gasteiger partial charge in [-0.2, -0.15) is 17.9 Å². The van der Waals surface area contributed by atoms with Gasteiger partial charge < -0.3 is 15.2 Å². The van der Waals surface area contributed by atoms with Gasteiger partial charge in [-0.05, 0) is 25.1 Å². The van der Waals surface area contributed by atoms with Crippen LogP contribution in [0.3, 0.4) is 0 Å². The van der Waals surface area contributed by atoms with Crippen molar-refractivity contribution >= 4 is 23.2 Å². The number of aromatic nitrogens is 3. The maximum atomic E-state index is 14.8. The van der Waals surface area contributed by atoms with Gasteiger partial charge in [-0.3, -0.25) is 9.78 Å². The molecule has 33 heavy (non-hydrogen) atoms. The molecule has 0 fully saturated rings. The minimum Gasteiger partial charge on any atom is -0.480 e. The molecule has 2 aromatic carbocycles. The summed E-state index contributed by atoms with van der Waals surface area (Å²) in [5.41, 5.74) is -2.90. The van der Waals surface area contributed by atoms with Crippen molar-refractivity contribution in [3.63, 3.8) is 0 Å². The highest BCUT2D eigenvalue weighted by molar-refractivity contribution is 6.34. The molecule has 14 heteroatoms. The van der Waals surface area contributed by atoms with Crippen LogP contribution in [0.15, 0.2) is 35.1 Å². The van der Waals surface area contributed by atoms with E-state index in [1.807, 2.05) is 0 Å². The van der Waals surface area contributed by atoms with Crippen molar-refractivity contribution in [3.8, 4) is 11.4 Å². The molecule has 8 nitrogen and oxygen atoms in total. The Bertz CT molecular complexity index is 1240. The van der Waals surface area contributed by atoms with Crippen molar-refractivity contribution in [1.82, 2.24) is 14.8 Å². The number of amides is 1. The maximum absolute atomic E-state index is 14.8. The second-order valence-electron chi connectivity index (χ2n) is 6.60. The number of hydrogen-bond donors (Lipinski definition) is 3. The minimum atomic E-state index is -4.86. The molecule has 1 amide bonds. The molecule has 0 aliphatic rings. The summed E-state index contributed by atoms with van der Waals surface area (Å²) in [6.07, 6.45) is -7.30. The number of aliphatic hydroxyl groups excluding tert-OH is 1. The van der Waals surface area contributed by atoms with Crippen LogP contribution in [0.1, 0.15) is 23.1 Å². The molecule has 3 N–H and O–H groups in total. The summed E-state index contributed by atoms with van der Waals surface area (Å²) in [5, 5.41) is 14.5. The monoisotopic (exact) mass is 492 g/mol. The highest BCUT2D eigenvalue weighted by Gasteiger charge is 2.39. The van der Waals surface area contributed by atoms with E-state index in [4.69, 9.17) is 21.4 Å². The number of H-pyrrole nitrogens is 1. The molecule has 0 aliphatic heterocycles. The van der Waals surface area contributed by atoms with E-state index in [0.29, 0.717) is 23.7 Å². The first-order valence-electron chi connectivity index (χ1n) is 9.04. The number of aromatic amines is 1. The fraction of sp³-hybridized carbons (Fsp3) is 0.211. The molecular formula is C19H14ClF5N4O4. The van der Waals surface area contributed by atoms with Crippen LogP contribution in [0.5, 0.6) is 5.75 Å². The third-order valence-corrected chi connectivity index (χ3v) is 4.62. The molecule has 0 radical (unpaired) electrons. The summed E-state index contributed by atoms with van der Waals surface area (Å²) >= 11 is 5.84. The van der Waals surface area contributed by atoms with Crippen LogP contribution in [0.2, 0.25) is 5.02 Å². The topological polar surface area (TPSA) is 109 Å². The summed E-state index contributed by atoms with van der Waals surface area (Å²) in [5.74, 6) is -4.45. The second-order valence-corrected chi connectivity index (χ2v) is 7.01. The third kappa shape index (κ3) is 5.14. The van der Waals surface area contributed by atoms with Crippen molar-refractivity contribution in [2.45, 2.75) is 25.8 Å². The summed E-state index contributed by atoms with van der Waals surface area (Å²) in [7, 11) is 0. The van der Waals surface area contributed by atoms with Gasteiger partial charge in [-0.15, -0.1) is 5.10 Å². The molecule has 3 aromatic rings. The summed E-state index contributed by atoms with van der Waals surface area (Å²) in [4.78, 5) is 26.8. The summed E-state index contributed by atoms with van der Waals surface area (Å²) in [6.45, 7) is -0.0642. The molecule has 0 bridgehead atoms. The molecule has 0 aliphatic carbocycles. The highest BCUT2D eigenvalue weighted by Crippen LogP contribution is 2.32. The van der Waals surface area contributed by atoms with E-state index in [1.165, 1.54) is 12.1 Å². The minimum absolute atomic E-state index is 0.217. The van der Waals surface area contributed by atoms with E-state index in [2.05, 4.69) is 15.4 Å². The van der Waals surface area contributed by atoms with E-state index in [0.717, 1.165) is 6.07 Å². The van der Waals surface area contributed by atoms with Gasteiger partial charge in [0.25, 0.3) is 5.91 Å². The average molecular weight is 493 g/mol. The van der Waals surface area contributed by atoms with Crippen LogP contribution < -0.4 is 15.7 Å². The van der Waals surface area contributed by atoms with Crippen molar-refractivity contribution < 1.29 is 36.6 Å². The second kappa shape index (κ2) is 9.19. The quantitative estimate of drug-likeness (QED) is 0.456. The Balaban J connectivity index is 2.11. The molecule has 0 saturated heterocycles. The van der Waals surface area contributed by atoms with E-state index in [9.17, 15) is 31.5 Å². The number of benzene rings is 2. The zero-order valence-corrected chi connectivity index (χ0v) is 17.3. The van der Waals surface area contributed by atoms with Crippen LogP contribution in [0, 0.1) is 11.6 Å². The predicted octanol–water partition coefficient (Wildman–Crippen LogP) is 3.57. The van der Waals surface area contributed by atoms with Crippen LogP contribution in [0.25, 0.3) is 5.69 Å².